The molecule has 0 bridgehead atoms. The standard InChI is InChI=1S/C24H26FN3O2S/c1-17-15-28(16-18(2)26-17)21-10-13-23(25)24(14-21)27-31(29,30)22-11-8-20(9-12-22)19-6-4-3-5-7-19/h3-14,17-18,26-27H,15-16H2,1-2H3/t17-,18+. The van der Waals surface area contributed by atoms with Gasteiger partial charge in [-0.15, -0.1) is 0 Å². The van der Waals surface area contributed by atoms with Gasteiger partial charge in [0.25, 0.3) is 10.0 Å². The van der Waals surface area contributed by atoms with E-state index in [1.165, 1.54) is 18.2 Å². The molecule has 4 rings (SSSR count). The number of halogens is 1. The molecule has 7 heteroatoms. The van der Waals surface area contributed by atoms with Crippen LogP contribution in [0.15, 0.2) is 77.7 Å². The molecule has 0 aliphatic carbocycles. The van der Waals surface area contributed by atoms with Gasteiger partial charge in [-0.05, 0) is 55.3 Å². The van der Waals surface area contributed by atoms with E-state index in [-0.39, 0.29) is 22.7 Å². The maximum atomic E-state index is 14.5. The highest BCUT2D eigenvalue weighted by Gasteiger charge is 2.23. The molecule has 2 N–H and O–H groups in total. The third-order valence-electron chi connectivity index (χ3n) is 5.39. The molecular formula is C24H26FN3O2S. The Morgan fingerprint density at radius 1 is 0.903 bits per heavy atom. The molecule has 3 aromatic carbocycles. The van der Waals surface area contributed by atoms with E-state index in [4.69, 9.17) is 0 Å². The largest absolute Gasteiger partial charge is 0.368 e. The number of anilines is 2. The van der Waals surface area contributed by atoms with Crippen LogP contribution in [0.25, 0.3) is 11.1 Å². The van der Waals surface area contributed by atoms with Crippen molar-refractivity contribution in [3.05, 3.63) is 78.6 Å². The second-order valence-corrected chi connectivity index (χ2v) is 9.72. The van der Waals surface area contributed by atoms with Crippen LogP contribution in [-0.4, -0.2) is 33.6 Å². The Balaban J connectivity index is 1.56. The van der Waals surface area contributed by atoms with Crippen molar-refractivity contribution in [2.75, 3.05) is 22.7 Å². The molecule has 31 heavy (non-hydrogen) atoms. The van der Waals surface area contributed by atoms with E-state index in [2.05, 4.69) is 28.8 Å². The molecule has 0 spiro atoms. The number of benzene rings is 3. The summed E-state index contributed by atoms with van der Waals surface area (Å²) in [5, 5.41) is 3.45. The second-order valence-electron chi connectivity index (χ2n) is 8.03. The van der Waals surface area contributed by atoms with Gasteiger partial charge >= 0.3 is 0 Å². The molecule has 0 aromatic heterocycles. The van der Waals surface area contributed by atoms with E-state index >= 15 is 0 Å². The first kappa shape index (κ1) is 21.3. The fourth-order valence-electron chi connectivity index (χ4n) is 3.99. The van der Waals surface area contributed by atoms with Gasteiger partial charge in [-0.2, -0.15) is 0 Å². The Morgan fingerprint density at radius 3 is 2.16 bits per heavy atom. The average Bonchev–Trinajstić information content (AvgIpc) is 2.75. The molecule has 1 fully saturated rings. The molecule has 162 valence electrons. The molecule has 1 saturated heterocycles. The van der Waals surface area contributed by atoms with Gasteiger partial charge in [0, 0.05) is 30.9 Å². The van der Waals surface area contributed by atoms with Gasteiger partial charge in [0.1, 0.15) is 5.82 Å². The van der Waals surface area contributed by atoms with Crippen LogP contribution < -0.4 is 14.9 Å². The van der Waals surface area contributed by atoms with Crippen LogP contribution >= 0.6 is 0 Å². The van der Waals surface area contributed by atoms with Crippen molar-refractivity contribution in [3.8, 4) is 11.1 Å². The normalized spacial score (nSPS) is 19.3. The third-order valence-corrected chi connectivity index (χ3v) is 6.77. The summed E-state index contributed by atoms with van der Waals surface area (Å²) in [5.41, 5.74) is 2.65. The van der Waals surface area contributed by atoms with Crippen LogP contribution in [0.5, 0.6) is 0 Å². The van der Waals surface area contributed by atoms with Crippen molar-refractivity contribution < 1.29 is 12.8 Å². The van der Waals surface area contributed by atoms with Crippen LogP contribution in [0, 0.1) is 5.82 Å². The summed E-state index contributed by atoms with van der Waals surface area (Å²) in [6.07, 6.45) is 0. The Kier molecular flexibility index (Phi) is 5.98. The number of sulfonamides is 1. The zero-order valence-electron chi connectivity index (χ0n) is 17.5. The number of piperazine rings is 1. The zero-order valence-corrected chi connectivity index (χ0v) is 18.4. The van der Waals surface area contributed by atoms with E-state index in [0.717, 1.165) is 29.9 Å². The van der Waals surface area contributed by atoms with Crippen molar-refractivity contribution in [1.29, 1.82) is 0 Å². The summed E-state index contributed by atoms with van der Waals surface area (Å²) in [6, 6.07) is 21.4. The molecule has 1 aliphatic heterocycles. The van der Waals surface area contributed by atoms with Crippen molar-refractivity contribution >= 4 is 21.4 Å². The predicted octanol–water partition coefficient (Wildman–Crippen LogP) is 4.48. The monoisotopic (exact) mass is 439 g/mol. The van der Waals surface area contributed by atoms with Crippen LogP contribution in [-0.2, 0) is 10.0 Å². The van der Waals surface area contributed by atoms with Crippen molar-refractivity contribution in [2.45, 2.75) is 30.8 Å². The van der Waals surface area contributed by atoms with E-state index < -0.39 is 15.8 Å². The minimum absolute atomic E-state index is 0.0523. The van der Waals surface area contributed by atoms with Crippen molar-refractivity contribution in [2.24, 2.45) is 0 Å². The lowest BCUT2D eigenvalue weighted by Crippen LogP contribution is -2.54. The second kappa shape index (κ2) is 8.69. The third kappa shape index (κ3) is 4.89. The molecule has 1 heterocycles. The molecule has 1 aliphatic rings. The SMILES string of the molecule is C[C@@H]1CN(c2ccc(F)c(NS(=O)(=O)c3ccc(-c4ccccc4)cc3)c2)C[C@H](C)N1. The van der Waals surface area contributed by atoms with Crippen molar-refractivity contribution in [1.82, 2.24) is 5.32 Å². The quantitative estimate of drug-likeness (QED) is 0.615. The minimum Gasteiger partial charge on any atom is -0.368 e. The molecule has 5 nitrogen and oxygen atoms in total. The summed E-state index contributed by atoms with van der Waals surface area (Å²) in [7, 11) is -3.92. The Labute approximate surface area is 183 Å². The Morgan fingerprint density at radius 2 is 1.52 bits per heavy atom. The molecule has 3 aromatic rings. The van der Waals surface area contributed by atoms with Crippen LogP contribution in [0.4, 0.5) is 15.8 Å². The van der Waals surface area contributed by atoms with E-state index in [0.29, 0.717) is 0 Å². The van der Waals surface area contributed by atoms with Crippen LogP contribution in [0.3, 0.4) is 0 Å². The van der Waals surface area contributed by atoms with Gasteiger partial charge in [-0.1, -0.05) is 42.5 Å². The number of hydrogen-bond donors (Lipinski definition) is 2. The maximum Gasteiger partial charge on any atom is 0.261 e. The summed E-state index contributed by atoms with van der Waals surface area (Å²) in [4.78, 5) is 2.22. The van der Waals surface area contributed by atoms with Gasteiger partial charge < -0.3 is 10.2 Å². The van der Waals surface area contributed by atoms with Crippen LogP contribution in [0.1, 0.15) is 13.8 Å². The van der Waals surface area contributed by atoms with Gasteiger partial charge in [0.15, 0.2) is 0 Å². The van der Waals surface area contributed by atoms with Crippen LogP contribution in [0.2, 0.25) is 0 Å². The lowest BCUT2D eigenvalue weighted by molar-refractivity contribution is 0.407. The maximum absolute atomic E-state index is 14.5. The zero-order chi connectivity index (χ0) is 22.0. The minimum atomic E-state index is -3.92. The molecule has 0 saturated carbocycles. The van der Waals surface area contributed by atoms with Gasteiger partial charge in [0.2, 0.25) is 0 Å². The number of hydrogen-bond acceptors (Lipinski definition) is 4. The highest BCUT2D eigenvalue weighted by molar-refractivity contribution is 7.92. The first-order chi connectivity index (χ1) is 14.8. The molecule has 0 amide bonds. The topological polar surface area (TPSA) is 61.4 Å². The van der Waals surface area contributed by atoms with Gasteiger partial charge in [0.05, 0.1) is 10.6 Å². The molecule has 0 radical (unpaired) electrons. The summed E-state index contributed by atoms with van der Waals surface area (Å²) >= 11 is 0. The fraction of sp³-hybridized carbons (Fsp3) is 0.250. The fourth-order valence-corrected chi connectivity index (χ4v) is 5.04. The predicted molar refractivity (Wildman–Crippen MR) is 123 cm³/mol. The molecule has 2 atom stereocenters. The number of rotatable bonds is 5. The Bertz CT molecular complexity index is 1140. The molecule has 0 unspecified atom stereocenters. The highest BCUT2D eigenvalue weighted by Crippen LogP contribution is 2.27. The van der Waals surface area contributed by atoms with E-state index in [9.17, 15) is 12.8 Å². The van der Waals surface area contributed by atoms with E-state index in [1.807, 2.05) is 30.3 Å². The first-order valence-electron chi connectivity index (χ1n) is 10.3. The summed E-state index contributed by atoms with van der Waals surface area (Å²) in [6.45, 7) is 5.72. The lowest BCUT2D eigenvalue weighted by Gasteiger charge is -2.37. The smallest absolute Gasteiger partial charge is 0.261 e. The van der Waals surface area contributed by atoms with Gasteiger partial charge in [-0.3, -0.25) is 4.72 Å². The first-order valence-corrected chi connectivity index (χ1v) is 11.8. The number of nitrogens with zero attached hydrogens (tertiary/aromatic N) is 1. The van der Waals surface area contributed by atoms with Gasteiger partial charge in [-0.25, -0.2) is 12.8 Å². The summed E-state index contributed by atoms with van der Waals surface area (Å²) < 4.78 is 42.7. The van der Waals surface area contributed by atoms with E-state index in [1.54, 1.807) is 24.3 Å². The Hall–Kier alpha value is -2.90. The lowest BCUT2D eigenvalue weighted by atomic mass is 10.1. The molecular weight excluding hydrogens is 413 g/mol. The summed E-state index contributed by atoms with van der Waals surface area (Å²) in [5.74, 6) is -0.607. The van der Waals surface area contributed by atoms with Crippen molar-refractivity contribution in [3.63, 3.8) is 0 Å². The average molecular weight is 440 g/mol. The number of nitrogens with one attached hydrogen (secondary N) is 2. The highest BCUT2D eigenvalue weighted by atomic mass is 32.2.